The number of hydrogen-bond acceptors (Lipinski definition) is 4. The molecule has 1 aromatic rings. The zero-order valence-electron chi connectivity index (χ0n) is 14.7. The number of rotatable bonds is 5. The van der Waals surface area contributed by atoms with Crippen molar-refractivity contribution in [2.75, 3.05) is 6.61 Å². The maximum absolute atomic E-state index is 12.4. The third-order valence-corrected chi connectivity index (χ3v) is 4.67. The van der Waals surface area contributed by atoms with Gasteiger partial charge in [0.2, 0.25) is 0 Å². The molecule has 2 aliphatic rings. The predicted molar refractivity (Wildman–Crippen MR) is 94.6 cm³/mol. The highest BCUT2D eigenvalue weighted by molar-refractivity contribution is 6.37. The van der Waals surface area contributed by atoms with Crippen LogP contribution in [-0.2, 0) is 20.7 Å². The van der Waals surface area contributed by atoms with Gasteiger partial charge in [-0.3, -0.25) is 19.4 Å². The molecular weight excluding hydrogens is 318 g/mol. The second kappa shape index (κ2) is 6.72. The minimum absolute atomic E-state index is 0.379. The van der Waals surface area contributed by atoms with E-state index in [9.17, 15) is 9.59 Å². The van der Waals surface area contributed by atoms with Gasteiger partial charge >= 0.3 is 11.8 Å². The van der Waals surface area contributed by atoms with Gasteiger partial charge in [-0.2, -0.15) is 0 Å². The predicted octanol–water partition coefficient (Wildman–Crippen LogP) is 1.83. The molecule has 0 radical (unpaired) electrons. The number of benzene rings is 1. The molecule has 2 unspecified atom stereocenters. The summed E-state index contributed by atoms with van der Waals surface area (Å²) in [6, 6.07) is 8.05. The van der Waals surface area contributed by atoms with Gasteiger partial charge in [-0.1, -0.05) is 37.3 Å². The first-order valence-electron chi connectivity index (χ1n) is 8.54. The number of ether oxygens (including phenoxy) is 1. The van der Waals surface area contributed by atoms with Crippen LogP contribution >= 0.6 is 0 Å². The summed E-state index contributed by atoms with van der Waals surface area (Å²) in [5, 5.41) is 0. The molecule has 2 heterocycles. The lowest BCUT2D eigenvalue weighted by molar-refractivity contribution is -0.147. The summed E-state index contributed by atoms with van der Waals surface area (Å²) < 4.78 is 5.65. The van der Waals surface area contributed by atoms with E-state index in [1.807, 2.05) is 31.2 Å². The molecule has 1 saturated heterocycles. The van der Waals surface area contributed by atoms with Crippen molar-refractivity contribution in [3.05, 3.63) is 52.9 Å². The fourth-order valence-electron chi connectivity index (χ4n) is 3.40. The lowest BCUT2D eigenvalue weighted by atomic mass is 10.0. The molecule has 6 heteroatoms. The molecular formula is C19H23N3O3. The van der Waals surface area contributed by atoms with Crippen LogP contribution in [0.1, 0.15) is 31.9 Å². The topological polar surface area (TPSA) is 75.9 Å². The fraction of sp³-hybridized carbons (Fsp3) is 0.368. The van der Waals surface area contributed by atoms with Crippen molar-refractivity contribution in [2.45, 2.75) is 39.6 Å². The summed E-state index contributed by atoms with van der Waals surface area (Å²) in [4.78, 5) is 27.5. The van der Waals surface area contributed by atoms with Crippen LogP contribution in [0.3, 0.4) is 0 Å². The van der Waals surface area contributed by atoms with Gasteiger partial charge in [-0.15, -0.1) is 0 Å². The van der Waals surface area contributed by atoms with Crippen LogP contribution in [0.2, 0.25) is 0 Å². The highest BCUT2D eigenvalue weighted by Crippen LogP contribution is 2.34. The molecule has 0 aliphatic carbocycles. The Bertz CT molecular complexity index is 769. The van der Waals surface area contributed by atoms with Crippen LogP contribution in [0.4, 0.5) is 0 Å². The molecule has 2 amide bonds. The zero-order valence-corrected chi connectivity index (χ0v) is 14.7. The number of hydrogen-bond donors (Lipinski definition) is 1. The van der Waals surface area contributed by atoms with E-state index in [2.05, 4.69) is 13.0 Å². The first kappa shape index (κ1) is 17.2. The summed E-state index contributed by atoms with van der Waals surface area (Å²) in [6.45, 7) is 6.12. The van der Waals surface area contributed by atoms with E-state index >= 15 is 0 Å². The third kappa shape index (κ3) is 2.72. The van der Waals surface area contributed by atoms with E-state index in [1.54, 1.807) is 13.0 Å². The Kier molecular flexibility index (Phi) is 4.63. The first-order valence-corrected chi connectivity index (χ1v) is 8.54. The standard InChI is InChI=1S/C19H23N3O3/c1-4-13-8-6-7-9-14(13)10-11-15-16(20)19(25-5-2)22-12(3)21(15)17(23)18(22)24/h6-12,19H,4-5,20H2,1-3H3. The largest absolute Gasteiger partial charge is 0.397 e. The molecule has 2 atom stereocenters. The van der Waals surface area contributed by atoms with Gasteiger partial charge < -0.3 is 10.5 Å². The monoisotopic (exact) mass is 341 g/mol. The average Bonchev–Trinajstić information content (AvgIpc) is 2.79. The Balaban J connectivity index is 2.03. The Morgan fingerprint density at radius 1 is 1.16 bits per heavy atom. The Morgan fingerprint density at radius 3 is 2.56 bits per heavy atom. The van der Waals surface area contributed by atoms with Crippen LogP contribution in [0.15, 0.2) is 41.7 Å². The Morgan fingerprint density at radius 2 is 1.88 bits per heavy atom. The van der Waals surface area contributed by atoms with E-state index in [1.165, 1.54) is 15.4 Å². The van der Waals surface area contributed by atoms with Gasteiger partial charge in [0, 0.05) is 6.61 Å². The van der Waals surface area contributed by atoms with Crippen molar-refractivity contribution >= 4 is 17.9 Å². The van der Waals surface area contributed by atoms with Gasteiger partial charge in [0.1, 0.15) is 6.17 Å². The lowest BCUT2D eigenvalue weighted by Crippen LogP contribution is -2.52. The number of carbonyl (C=O) groups is 2. The van der Waals surface area contributed by atoms with Crippen LogP contribution in [0.25, 0.3) is 6.08 Å². The smallest absolute Gasteiger partial charge is 0.318 e. The van der Waals surface area contributed by atoms with E-state index in [4.69, 9.17) is 10.5 Å². The number of nitrogens with two attached hydrogens (primary N) is 1. The molecule has 132 valence electrons. The highest BCUT2D eigenvalue weighted by Gasteiger charge is 2.52. The number of fused-ring (bicyclic) bond motifs is 2. The zero-order chi connectivity index (χ0) is 18.1. The maximum atomic E-state index is 12.4. The minimum atomic E-state index is -0.712. The summed E-state index contributed by atoms with van der Waals surface area (Å²) in [5.74, 6) is -1.15. The third-order valence-electron chi connectivity index (χ3n) is 4.67. The van der Waals surface area contributed by atoms with Crippen LogP contribution in [0, 0.1) is 0 Å². The molecule has 25 heavy (non-hydrogen) atoms. The van der Waals surface area contributed by atoms with Gasteiger partial charge in [0.05, 0.1) is 11.4 Å². The lowest BCUT2D eigenvalue weighted by Gasteiger charge is -2.38. The van der Waals surface area contributed by atoms with E-state index in [0.29, 0.717) is 18.0 Å². The van der Waals surface area contributed by atoms with Gasteiger partial charge in [0.15, 0.2) is 6.23 Å². The molecule has 1 aromatic carbocycles. The van der Waals surface area contributed by atoms with Crippen LogP contribution in [0.5, 0.6) is 0 Å². The van der Waals surface area contributed by atoms with Crippen molar-refractivity contribution in [3.63, 3.8) is 0 Å². The average molecular weight is 341 g/mol. The number of aryl methyl sites for hydroxylation is 1. The van der Waals surface area contributed by atoms with Crippen molar-refractivity contribution in [2.24, 2.45) is 5.73 Å². The van der Waals surface area contributed by atoms with Crippen molar-refractivity contribution < 1.29 is 14.3 Å². The Hall–Kier alpha value is -2.60. The molecule has 3 rings (SSSR count). The summed E-state index contributed by atoms with van der Waals surface area (Å²) >= 11 is 0. The number of nitrogens with zero attached hydrogens (tertiary/aromatic N) is 2. The normalized spacial score (nSPS) is 23.3. The Labute approximate surface area is 147 Å². The minimum Gasteiger partial charge on any atom is -0.397 e. The van der Waals surface area contributed by atoms with Gasteiger partial charge in [-0.25, -0.2) is 0 Å². The SMILES string of the molecule is CCOC1C(N)=C(C=Cc2ccccc2CC)N2C(=O)C(=O)N1C2C. The van der Waals surface area contributed by atoms with Gasteiger partial charge in [0.25, 0.3) is 0 Å². The van der Waals surface area contributed by atoms with Gasteiger partial charge in [-0.05, 0) is 37.5 Å². The van der Waals surface area contributed by atoms with Crippen LogP contribution in [-0.4, -0.2) is 40.6 Å². The van der Waals surface area contributed by atoms with Crippen molar-refractivity contribution in [3.8, 4) is 0 Å². The van der Waals surface area contributed by atoms with E-state index < -0.39 is 24.2 Å². The van der Waals surface area contributed by atoms with Crippen molar-refractivity contribution in [1.82, 2.24) is 9.80 Å². The van der Waals surface area contributed by atoms with Crippen LogP contribution < -0.4 is 5.73 Å². The number of carbonyl (C=O) groups excluding carboxylic acids is 2. The molecule has 2 aliphatic heterocycles. The fourth-order valence-corrected chi connectivity index (χ4v) is 3.40. The number of amides is 2. The molecule has 0 aromatic heterocycles. The highest BCUT2D eigenvalue weighted by atomic mass is 16.5. The molecule has 1 fully saturated rings. The number of allylic oxidation sites excluding steroid dienone is 1. The second-order valence-corrected chi connectivity index (χ2v) is 6.05. The molecule has 0 spiro atoms. The maximum Gasteiger partial charge on any atom is 0.318 e. The second-order valence-electron chi connectivity index (χ2n) is 6.05. The molecule has 2 bridgehead atoms. The molecule has 6 nitrogen and oxygen atoms in total. The van der Waals surface area contributed by atoms with E-state index in [0.717, 1.165) is 12.0 Å². The summed E-state index contributed by atoms with van der Waals surface area (Å²) in [7, 11) is 0. The summed E-state index contributed by atoms with van der Waals surface area (Å²) in [5.41, 5.74) is 9.44. The van der Waals surface area contributed by atoms with Crippen molar-refractivity contribution in [1.29, 1.82) is 0 Å². The molecule has 0 saturated carbocycles. The summed E-state index contributed by atoms with van der Waals surface area (Å²) in [6.07, 6.45) is 3.52. The molecule has 2 N–H and O–H groups in total. The first-order chi connectivity index (χ1) is 12.0. The quantitative estimate of drug-likeness (QED) is 0.829. The van der Waals surface area contributed by atoms with E-state index in [-0.39, 0.29) is 0 Å².